The lowest BCUT2D eigenvalue weighted by molar-refractivity contribution is 0.0590. The zero-order chi connectivity index (χ0) is 16.2. The second-order valence-electron chi connectivity index (χ2n) is 4.80. The van der Waals surface area contributed by atoms with Crippen LogP contribution < -0.4 is 4.72 Å². The van der Waals surface area contributed by atoms with Crippen LogP contribution in [-0.2, 0) is 28.2 Å². The summed E-state index contributed by atoms with van der Waals surface area (Å²) < 4.78 is 33.0. The highest BCUT2D eigenvalue weighted by Gasteiger charge is 2.20. The molecule has 6 nitrogen and oxygen atoms in total. The largest absolute Gasteiger partial charge is 0.464 e. The van der Waals surface area contributed by atoms with Crippen LogP contribution in [0, 0.1) is 0 Å². The molecule has 118 valence electrons. The zero-order valence-corrected chi connectivity index (χ0v) is 13.3. The van der Waals surface area contributed by atoms with E-state index in [-0.39, 0.29) is 17.1 Å². The van der Waals surface area contributed by atoms with Crippen molar-refractivity contribution in [2.45, 2.75) is 11.3 Å². The fourth-order valence-electron chi connectivity index (χ4n) is 2.05. The molecule has 22 heavy (non-hydrogen) atoms. The van der Waals surface area contributed by atoms with Gasteiger partial charge < -0.3 is 9.30 Å². The van der Waals surface area contributed by atoms with E-state index < -0.39 is 16.0 Å². The van der Waals surface area contributed by atoms with E-state index in [1.807, 2.05) is 30.3 Å². The van der Waals surface area contributed by atoms with Gasteiger partial charge in [-0.15, -0.1) is 0 Å². The predicted molar refractivity (Wildman–Crippen MR) is 82.1 cm³/mol. The summed E-state index contributed by atoms with van der Waals surface area (Å²) in [7, 11) is -0.808. The Morgan fingerprint density at radius 2 is 1.95 bits per heavy atom. The average molecular weight is 322 g/mol. The first-order valence-corrected chi connectivity index (χ1v) is 8.20. The Bertz CT molecular complexity index is 751. The second kappa shape index (κ2) is 6.76. The Kier molecular flexibility index (Phi) is 4.99. The molecule has 0 spiro atoms. The summed E-state index contributed by atoms with van der Waals surface area (Å²) in [6.45, 7) is 0.287. The lowest BCUT2D eigenvalue weighted by atomic mass is 10.2. The maximum absolute atomic E-state index is 12.2. The van der Waals surface area contributed by atoms with Crippen LogP contribution in [0.2, 0.25) is 0 Å². The van der Waals surface area contributed by atoms with Crippen molar-refractivity contribution in [2.24, 2.45) is 7.05 Å². The van der Waals surface area contributed by atoms with Crippen molar-refractivity contribution >= 4 is 16.0 Å². The van der Waals surface area contributed by atoms with Crippen LogP contribution in [0.5, 0.6) is 0 Å². The fraction of sp³-hybridized carbons (Fsp3) is 0.267. The van der Waals surface area contributed by atoms with Crippen molar-refractivity contribution in [3.8, 4) is 0 Å². The van der Waals surface area contributed by atoms with Crippen molar-refractivity contribution < 1.29 is 17.9 Å². The summed E-state index contributed by atoms with van der Waals surface area (Å²) in [5, 5.41) is 0. The summed E-state index contributed by atoms with van der Waals surface area (Å²) in [6, 6.07) is 10.9. The van der Waals surface area contributed by atoms with Crippen LogP contribution in [0.15, 0.2) is 47.5 Å². The van der Waals surface area contributed by atoms with E-state index in [9.17, 15) is 13.2 Å². The molecule has 1 heterocycles. The van der Waals surface area contributed by atoms with Crippen molar-refractivity contribution in [1.82, 2.24) is 9.29 Å². The first-order valence-electron chi connectivity index (χ1n) is 6.72. The third-order valence-electron chi connectivity index (χ3n) is 3.23. The maximum Gasteiger partial charge on any atom is 0.354 e. The van der Waals surface area contributed by atoms with Crippen LogP contribution in [0.25, 0.3) is 0 Å². The number of rotatable bonds is 6. The summed E-state index contributed by atoms with van der Waals surface area (Å²) >= 11 is 0. The van der Waals surface area contributed by atoms with Crippen LogP contribution in [-0.4, -0.2) is 32.6 Å². The number of aromatic nitrogens is 1. The Balaban J connectivity index is 2.06. The normalized spacial score (nSPS) is 11.4. The van der Waals surface area contributed by atoms with E-state index >= 15 is 0 Å². The van der Waals surface area contributed by atoms with Gasteiger partial charge in [-0.2, -0.15) is 0 Å². The number of hydrogen-bond donors (Lipinski definition) is 1. The molecule has 0 unspecified atom stereocenters. The number of ether oxygens (including phenoxy) is 1. The van der Waals surface area contributed by atoms with E-state index in [1.54, 1.807) is 7.05 Å². The molecule has 1 aromatic carbocycles. The quantitative estimate of drug-likeness (QED) is 0.814. The standard InChI is InChI=1S/C15H18N2O4S/c1-17-11-13(10-14(17)15(18)21-2)22(19,20)16-9-8-12-6-4-3-5-7-12/h3-7,10-11,16H,8-9H2,1-2H3. The van der Waals surface area contributed by atoms with Gasteiger partial charge in [0.15, 0.2) is 0 Å². The molecular formula is C15H18N2O4S. The number of sulfonamides is 1. The summed E-state index contributed by atoms with van der Waals surface area (Å²) in [5.74, 6) is -0.576. The highest BCUT2D eigenvalue weighted by molar-refractivity contribution is 7.89. The topological polar surface area (TPSA) is 77.4 Å². The Morgan fingerprint density at radius 1 is 1.27 bits per heavy atom. The molecule has 7 heteroatoms. The highest BCUT2D eigenvalue weighted by Crippen LogP contribution is 2.14. The number of esters is 1. The van der Waals surface area contributed by atoms with E-state index in [0.29, 0.717) is 6.42 Å². The zero-order valence-electron chi connectivity index (χ0n) is 12.4. The number of carbonyl (C=O) groups excluding carboxylic acids is 1. The number of nitrogens with one attached hydrogen (secondary N) is 1. The number of nitrogens with zero attached hydrogens (tertiary/aromatic N) is 1. The smallest absolute Gasteiger partial charge is 0.354 e. The van der Waals surface area contributed by atoms with Gasteiger partial charge in [-0.1, -0.05) is 30.3 Å². The second-order valence-corrected chi connectivity index (χ2v) is 6.56. The first kappa shape index (κ1) is 16.3. The van der Waals surface area contributed by atoms with Crippen LogP contribution in [0.4, 0.5) is 0 Å². The summed E-state index contributed by atoms with van der Waals surface area (Å²) in [4.78, 5) is 11.6. The van der Waals surface area contributed by atoms with Crippen molar-refractivity contribution in [1.29, 1.82) is 0 Å². The number of methoxy groups -OCH3 is 1. The molecule has 0 saturated carbocycles. The molecule has 0 aliphatic carbocycles. The molecule has 0 aliphatic rings. The van der Waals surface area contributed by atoms with Crippen molar-refractivity contribution in [3.05, 3.63) is 53.9 Å². The monoisotopic (exact) mass is 322 g/mol. The van der Waals surface area contributed by atoms with E-state index in [1.165, 1.54) is 23.9 Å². The van der Waals surface area contributed by atoms with E-state index in [2.05, 4.69) is 9.46 Å². The molecule has 0 bridgehead atoms. The molecule has 2 aromatic rings. The van der Waals surface area contributed by atoms with Gasteiger partial charge >= 0.3 is 5.97 Å². The van der Waals surface area contributed by atoms with Crippen LogP contribution >= 0.6 is 0 Å². The van der Waals surface area contributed by atoms with Crippen LogP contribution in [0.1, 0.15) is 16.1 Å². The maximum atomic E-state index is 12.2. The lowest BCUT2D eigenvalue weighted by Gasteiger charge is -2.05. The molecule has 0 amide bonds. The van der Waals surface area contributed by atoms with Crippen molar-refractivity contribution in [2.75, 3.05) is 13.7 Å². The molecule has 0 aliphatic heterocycles. The molecule has 0 radical (unpaired) electrons. The predicted octanol–water partition coefficient (Wildman–Crippen LogP) is 1.33. The van der Waals surface area contributed by atoms with Gasteiger partial charge in [0.2, 0.25) is 10.0 Å². The number of carbonyl (C=O) groups is 1. The minimum absolute atomic E-state index is 0.0449. The molecule has 0 fully saturated rings. The molecular weight excluding hydrogens is 304 g/mol. The van der Waals surface area contributed by atoms with Gasteiger partial charge in [0.05, 0.1) is 7.11 Å². The van der Waals surface area contributed by atoms with Crippen LogP contribution in [0.3, 0.4) is 0 Å². The molecule has 1 aromatic heterocycles. The number of hydrogen-bond acceptors (Lipinski definition) is 4. The first-order chi connectivity index (χ1) is 10.4. The van der Waals surface area contributed by atoms with Gasteiger partial charge in [0, 0.05) is 19.8 Å². The Morgan fingerprint density at radius 3 is 2.59 bits per heavy atom. The molecule has 1 N–H and O–H groups in total. The number of aryl methyl sites for hydroxylation is 1. The third kappa shape index (κ3) is 3.75. The number of benzene rings is 1. The van der Waals surface area contributed by atoms with Gasteiger partial charge in [-0.3, -0.25) is 0 Å². The Hall–Kier alpha value is -2.12. The average Bonchev–Trinajstić information content (AvgIpc) is 2.90. The van der Waals surface area contributed by atoms with Gasteiger partial charge in [0.25, 0.3) is 0 Å². The van der Waals surface area contributed by atoms with Gasteiger partial charge in [-0.25, -0.2) is 17.9 Å². The third-order valence-corrected chi connectivity index (χ3v) is 4.66. The van der Waals surface area contributed by atoms with Crippen molar-refractivity contribution in [3.63, 3.8) is 0 Å². The minimum atomic E-state index is -3.65. The molecule has 0 atom stereocenters. The summed E-state index contributed by atoms with van der Waals surface area (Å²) in [5.41, 5.74) is 1.24. The minimum Gasteiger partial charge on any atom is -0.464 e. The van der Waals surface area contributed by atoms with Gasteiger partial charge in [0.1, 0.15) is 10.6 Å². The van der Waals surface area contributed by atoms with Gasteiger partial charge in [-0.05, 0) is 18.1 Å². The van der Waals surface area contributed by atoms with E-state index in [0.717, 1.165) is 5.56 Å². The fourth-order valence-corrected chi connectivity index (χ4v) is 3.15. The van der Waals surface area contributed by atoms with E-state index in [4.69, 9.17) is 0 Å². The molecule has 2 rings (SSSR count). The summed E-state index contributed by atoms with van der Waals surface area (Å²) in [6.07, 6.45) is 1.98. The lowest BCUT2D eigenvalue weighted by Crippen LogP contribution is -2.25. The highest BCUT2D eigenvalue weighted by atomic mass is 32.2. The Labute approximate surface area is 129 Å². The SMILES string of the molecule is COC(=O)c1cc(S(=O)(=O)NCCc2ccccc2)cn1C. The molecule has 0 saturated heterocycles.